The maximum Gasteiger partial charge on any atom is -0.00200 e. The summed E-state index contributed by atoms with van der Waals surface area (Å²) >= 11 is 0. The second-order valence-electron chi connectivity index (χ2n) is 11.5. The fourth-order valence-corrected chi connectivity index (χ4v) is 6.70. The first-order chi connectivity index (χ1) is 20.6. The third kappa shape index (κ3) is 3.99. The van der Waals surface area contributed by atoms with E-state index in [1.54, 1.807) is 0 Å². The Morgan fingerprint density at radius 1 is 0.310 bits per heavy atom. The molecule has 0 heterocycles. The number of fused-ring (bicyclic) bond motifs is 4. The molecule has 0 bridgehead atoms. The predicted molar refractivity (Wildman–Crippen MR) is 182 cm³/mol. The van der Waals surface area contributed by atoms with Gasteiger partial charge in [-0.05, 0) is 96.4 Å². The quantitative estimate of drug-likeness (QED) is 0.198. The van der Waals surface area contributed by atoms with Gasteiger partial charge >= 0.3 is 0 Å². The molecule has 0 aromatic heterocycles. The third-order valence-corrected chi connectivity index (χ3v) is 8.74. The van der Waals surface area contributed by atoms with E-state index in [4.69, 9.17) is 0 Å². The molecule has 0 fully saturated rings. The zero-order chi connectivity index (χ0) is 28.2. The molecule has 0 atom stereocenters. The topological polar surface area (TPSA) is 0 Å². The predicted octanol–water partition coefficient (Wildman–Crippen LogP) is 11.9. The van der Waals surface area contributed by atoms with E-state index in [0.29, 0.717) is 0 Å². The summed E-state index contributed by atoms with van der Waals surface area (Å²) in [6.45, 7) is 4.40. The van der Waals surface area contributed by atoms with Crippen molar-refractivity contribution in [1.29, 1.82) is 0 Å². The number of rotatable bonds is 3. The molecule has 42 heavy (non-hydrogen) atoms. The van der Waals surface area contributed by atoms with Gasteiger partial charge in [0.1, 0.15) is 0 Å². The largest absolute Gasteiger partial charge is 0.0616 e. The van der Waals surface area contributed by atoms with Crippen molar-refractivity contribution < 1.29 is 0 Å². The van der Waals surface area contributed by atoms with Gasteiger partial charge < -0.3 is 0 Å². The van der Waals surface area contributed by atoms with Gasteiger partial charge in [-0.3, -0.25) is 0 Å². The van der Waals surface area contributed by atoms with Crippen molar-refractivity contribution in [3.63, 3.8) is 0 Å². The molecule has 8 aromatic carbocycles. The van der Waals surface area contributed by atoms with Crippen molar-refractivity contribution in [2.75, 3.05) is 0 Å². The van der Waals surface area contributed by atoms with E-state index in [-0.39, 0.29) is 0 Å². The van der Waals surface area contributed by atoms with Crippen molar-refractivity contribution in [2.45, 2.75) is 13.8 Å². The number of aryl methyl sites for hydroxylation is 2. The van der Waals surface area contributed by atoms with Crippen molar-refractivity contribution in [3.05, 3.63) is 157 Å². The molecule has 0 heteroatoms. The molecular weight excluding hydrogens is 504 g/mol. The van der Waals surface area contributed by atoms with Gasteiger partial charge in [0.2, 0.25) is 0 Å². The monoisotopic (exact) mass is 534 g/mol. The fourth-order valence-electron chi connectivity index (χ4n) is 6.70. The van der Waals surface area contributed by atoms with Crippen LogP contribution < -0.4 is 0 Å². The average Bonchev–Trinajstić information content (AvgIpc) is 3.03. The van der Waals surface area contributed by atoms with Gasteiger partial charge in [-0.25, -0.2) is 0 Å². The highest BCUT2D eigenvalue weighted by Crippen LogP contribution is 2.46. The SMILES string of the molecule is Cc1ccc2c(-c3cccc4ccccc34)c3cc(C)ccc3c(-c3ccc(-c4ccc5ccccc5c4)cc3)c2c1. The lowest BCUT2D eigenvalue weighted by atomic mass is 9.83. The summed E-state index contributed by atoms with van der Waals surface area (Å²) in [7, 11) is 0. The molecule has 0 spiro atoms. The minimum Gasteiger partial charge on any atom is -0.0616 e. The summed E-state index contributed by atoms with van der Waals surface area (Å²) in [6.07, 6.45) is 0. The van der Waals surface area contributed by atoms with Crippen molar-refractivity contribution >= 4 is 43.1 Å². The van der Waals surface area contributed by atoms with E-state index in [1.807, 2.05) is 0 Å². The van der Waals surface area contributed by atoms with E-state index in [2.05, 4.69) is 159 Å². The van der Waals surface area contributed by atoms with Crippen LogP contribution in [0.5, 0.6) is 0 Å². The summed E-state index contributed by atoms with van der Waals surface area (Å²) in [5.41, 5.74) is 10.2. The highest BCUT2D eigenvalue weighted by molar-refractivity contribution is 6.23. The van der Waals surface area contributed by atoms with Gasteiger partial charge in [0.05, 0.1) is 0 Å². The molecule has 0 radical (unpaired) electrons. The molecule has 0 amide bonds. The standard InChI is InChI=1S/C42H30/c1-27-15-23-38-39(24-27)41(32-19-16-30(17-20-32)34-21-18-29-8-3-4-10-33(29)26-34)37-22-14-28(2)25-40(37)42(38)36-13-7-11-31-9-5-6-12-35(31)36/h3-26H,1-2H3. The van der Waals surface area contributed by atoms with Gasteiger partial charge in [0.15, 0.2) is 0 Å². The number of hydrogen-bond acceptors (Lipinski definition) is 0. The molecular formula is C42H30. The second kappa shape index (κ2) is 9.72. The maximum atomic E-state index is 2.37. The Morgan fingerprint density at radius 3 is 1.64 bits per heavy atom. The summed E-state index contributed by atoms with van der Waals surface area (Å²) < 4.78 is 0. The fraction of sp³-hybridized carbons (Fsp3) is 0.0476. The van der Waals surface area contributed by atoms with Crippen LogP contribution in [0.1, 0.15) is 11.1 Å². The van der Waals surface area contributed by atoms with E-state index in [0.717, 1.165) is 0 Å². The Kier molecular flexibility index (Phi) is 5.69. The van der Waals surface area contributed by atoms with Crippen LogP contribution in [0.4, 0.5) is 0 Å². The van der Waals surface area contributed by atoms with Crippen molar-refractivity contribution in [2.24, 2.45) is 0 Å². The highest BCUT2D eigenvalue weighted by atomic mass is 14.2. The Hall–Kier alpha value is -5.20. The smallest absolute Gasteiger partial charge is 0.00200 e. The van der Waals surface area contributed by atoms with Gasteiger partial charge in [-0.2, -0.15) is 0 Å². The van der Waals surface area contributed by atoms with Crippen LogP contribution in [0.25, 0.3) is 76.5 Å². The zero-order valence-electron chi connectivity index (χ0n) is 23.9. The lowest BCUT2D eigenvalue weighted by molar-refractivity contribution is 1.49. The minimum atomic E-state index is 1.23. The average molecular weight is 535 g/mol. The van der Waals surface area contributed by atoms with Gasteiger partial charge in [-0.15, -0.1) is 0 Å². The van der Waals surface area contributed by atoms with Crippen LogP contribution in [0.15, 0.2) is 146 Å². The van der Waals surface area contributed by atoms with E-state index < -0.39 is 0 Å². The molecule has 0 unspecified atom stereocenters. The molecule has 0 nitrogen and oxygen atoms in total. The Morgan fingerprint density at radius 2 is 0.881 bits per heavy atom. The normalized spacial score (nSPS) is 11.6. The summed E-state index contributed by atoms with van der Waals surface area (Å²) in [4.78, 5) is 0. The highest BCUT2D eigenvalue weighted by Gasteiger charge is 2.18. The van der Waals surface area contributed by atoms with Gasteiger partial charge in [0, 0.05) is 0 Å². The Labute approximate surface area is 246 Å². The van der Waals surface area contributed by atoms with Crippen LogP contribution in [-0.4, -0.2) is 0 Å². The molecule has 0 aliphatic carbocycles. The van der Waals surface area contributed by atoms with Crippen molar-refractivity contribution in [1.82, 2.24) is 0 Å². The molecule has 0 N–H and O–H groups in total. The zero-order valence-corrected chi connectivity index (χ0v) is 23.9. The van der Waals surface area contributed by atoms with Crippen LogP contribution in [0.3, 0.4) is 0 Å². The first-order valence-electron chi connectivity index (χ1n) is 14.7. The molecule has 0 aliphatic heterocycles. The second-order valence-corrected chi connectivity index (χ2v) is 11.5. The lowest BCUT2D eigenvalue weighted by Gasteiger charge is -2.20. The Balaban J connectivity index is 1.40. The third-order valence-electron chi connectivity index (χ3n) is 8.74. The van der Waals surface area contributed by atoms with Crippen LogP contribution >= 0.6 is 0 Å². The lowest BCUT2D eigenvalue weighted by Crippen LogP contribution is -1.93. The minimum absolute atomic E-state index is 1.23. The maximum absolute atomic E-state index is 2.37. The molecule has 0 aliphatic rings. The van der Waals surface area contributed by atoms with Crippen molar-refractivity contribution in [3.8, 4) is 33.4 Å². The van der Waals surface area contributed by atoms with Gasteiger partial charge in [-0.1, -0.05) is 151 Å². The van der Waals surface area contributed by atoms with Crippen LogP contribution in [0.2, 0.25) is 0 Å². The van der Waals surface area contributed by atoms with Crippen LogP contribution in [0, 0.1) is 13.8 Å². The molecule has 8 aromatic rings. The summed E-state index contributed by atoms with van der Waals surface area (Å²) in [5, 5.41) is 10.3. The first kappa shape index (κ1) is 24.6. The number of benzene rings is 8. The Bertz CT molecular complexity index is 2300. The van der Waals surface area contributed by atoms with E-state index >= 15 is 0 Å². The van der Waals surface area contributed by atoms with Crippen LogP contribution in [-0.2, 0) is 0 Å². The van der Waals surface area contributed by atoms with E-state index in [1.165, 1.54) is 87.6 Å². The molecule has 0 saturated heterocycles. The number of hydrogen-bond donors (Lipinski definition) is 0. The summed E-state index contributed by atoms with van der Waals surface area (Å²) in [5.74, 6) is 0. The molecule has 0 saturated carbocycles. The molecule has 8 rings (SSSR count). The van der Waals surface area contributed by atoms with E-state index in [9.17, 15) is 0 Å². The van der Waals surface area contributed by atoms with Gasteiger partial charge in [0.25, 0.3) is 0 Å². The first-order valence-corrected chi connectivity index (χ1v) is 14.7. The summed E-state index contributed by atoms with van der Waals surface area (Å²) in [6, 6.07) is 53.8. The molecule has 198 valence electrons.